The van der Waals surface area contributed by atoms with E-state index in [2.05, 4.69) is 30.6 Å². The standard InChI is InChI=1S/C18H21F3N6S.HI/c1-2-22-17(24-10-8-16-27-14(11-28-16)18(19,20)21)23-9-7-15-25-12-5-3-4-6-13(12)26-15;/h3-6,11H,2,7-10H2,1H3,(H,25,26)(H2,22,23,24);1H. The summed E-state index contributed by atoms with van der Waals surface area (Å²) >= 11 is 1.00. The Morgan fingerprint density at radius 3 is 2.66 bits per heavy atom. The Hall–Kier alpha value is -1.89. The maximum Gasteiger partial charge on any atom is 0.434 e. The van der Waals surface area contributed by atoms with Crippen molar-refractivity contribution >= 4 is 52.3 Å². The van der Waals surface area contributed by atoms with Crippen molar-refractivity contribution in [1.82, 2.24) is 25.6 Å². The number of guanidine groups is 1. The molecule has 29 heavy (non-hydrogen) atoms. The van der Waals surface area contributed by atoms with E-state index in [4.69, 9.17) is 0 Å². The van der Waals surface area contributed by atoms with Gasteiger partial charge in [0.25, 0.3) is 0 Å². The van der Waals surface area contributed by atoms with Crippen molar-refractivity contribution in [2.75, 3.05) is 19.6 Å². The van der Waals surface area contributed by atoms with Gasteiger partial charge in [-0.2, -0.15) is 13.2 Å². The molecule has 0 aliphatic carbocycles. The Morgan fingerprint density at radius 2 is 1.97 bits per heavy atom. The summed E-state index contributed by atoms with van der Waals surface area (Å²) < 4.78 is 37.8. The number of para-hydroxylation sites is 2. The fraction of sp³-hybridized carbons (Fsp3) is 0.389. The van der Waals surface area contributed by atoms with Gasteiger partial charge in [-0.3, -0.25) is 4.99 Å². The molecule has 2 aromatic heterocycles. The molecule has 3 N–H and O–H groups in total. The van der Waals surface area contributed by atoms with E-state index in [1.54, 1.807) is 0 Å². The Balaban J connectivity index is 0.00000300. The molecule has 0 atom stereocenters. The van der Waals surface area contributed by atoms with Gasteiger partial charge in [0.2, 0.25) is 0 Å². The van der Waals surface area contributed by atoms with E-state index in [1.165, 1.54) is 0 Å². The zero-order chi connectivity index (χ0) is 20.0. The third-order valence-electron chi connectivity index (χ3n) is 3.87. The highest BCUT2D eigenvalue weighted by Gasteiger charge is 2.33. The lowest BCUT2D eigenvalue weighted by atomic mass is 10.3. The van der Waals surface area contributed by atoms with E-state index in [0.717, 1.165) is 33.6 Å². The van der Waals surface area contributed by atoms with Gasteiger partial charge in [0.1, 0.15) is 5.82 Å². The van der Waals surface area contributed by atoms with Gasteiger partial charge in [-0.25, -0.2) is 9.97 Å². The number of aromatic nitrogens is 3. The van der Waals surface area contributed by atoms with E-state index >= 15 is 0 Å². The lowest BCUT2D eigenvalue weighted by Gasteiger charge is -2.10. The Morgan fingerprint density at radius 1 is 1.17 bits per heavy atom. The van der Waals surface area contributed by atoms with Crippen LogP contribution in [0.2, 0.25) is 0 Å². The molecule has 158 valence electrons. The molecule has 0 saturated heterocycles. The van der Waals surface area contributed by atoms with Gasteiger partial charge >= 0.3 is 6.18 Å². The number of hydrogen-bond acceptors (Lipinski definition) is 4. The SMILES string of the molecule is CCNC(=NCCc1nc(C(F)(F)F)cs1)NCCc1nc2ccccc2[nH]1.I. The molecule has 2 heterocycles. The molecule has 3 aromatic rings. The van der Waals surface area contributed by atoms with E-state index < -0.39 is 11.9 Å². The summed E-state index contributed by atoms with van der Waals surface area (Å²) in [5, 5.41) is 7.80. The lowest BCUT2D eigenvalue weighted by Crippen LogP contribution is -2.38. The number of aliphatic imine (C=N–C) groups is 1. The van der Waals surface area contributed by atoms with Crippen LogP contribution in [0.25, 0.3) is 11.0 Å². The zero-order valence-electron chi connectivity index (χ0n) is 15.7. The van der Waals surface area contributed by atoms with Crippen LogP contribution in [0.4, 0.5) is 13.2 Å². The summed E-state index contributed by atoms with van der Waals surface area (Å²) in [6, 6.07) is 7.84. The second-order valence-electron chi connectivity index (χ2n) is 6.01. The van der Waals surface area contributed by atoms with Crippen molar-refractivity contribution in [1.29, 1.82) is 0 Å². The quantitative estimate of drug-likeness (QED) is 0.242. The van der Waals surface area contributed by atoms with Crippen LogP contribution in [-0.2, 0) is 19.0 Å². The molecule has 0 fully saturated rings. The van der Waals surface area contributed by atoms with Crippen LogP contribution in [0.3, 0.4) is 0 Å². The average Bonchev–Trinajstić information content (AvgIpc) is 3.28. The first-order chi connectivity index (χ1) is 13.5. The van der Waals surface area contributed by atoms with Crippen molar-refractivity contribution in [3.8, 4) is 0 Å². The molecule has 0 aliphatic heterocycles. The van der Waals surface area contributed by atoms with Crippen LogP contribution < -0.4 is 10.6 Å². The number of hydrogen-bond donors (Lipinski definition) is 3. The summed E-state index contributed by atoms with van der Waals surface area (Å²) in [4.78, 5) is 15.8. The molecule has 11 heteroatoms. The van der Waals surface area contributed by atoms with Crippen LogP contribution in [0.15, 0.2) is 34.6 Å². The predicted molar refractivity (Wildman–Crippen MR) is 120 cm³/mol. The van der Waals surface area contributed by atoms with Crippen LogP contribution in [-0.4, -0.2) is 40.5 Å². The highest BCUT2D eigenvalue weighted by atomic mass is 127. The minimum absolute atomic E-state index is 0. The maximum absolute atomic E-state index is 12.6. The molecule has 0 aliphatic rings. The molecule has 6 nitrogen and oxygen atoms in total. The third-order valence-corrected chi connectivity index (χ3v) is 4.78. The van der Waals surface area contributed by atoms with Crippen LogP contribution in [0.1, 0.15) is 23.4 Å². The first-order valence-corrected chi connectivity index (χ1v) is 9.81. The first-order valence-electron chi connectivity index (χ1n) is 8.93. The van der Waals surface area contributed by atoms with Gasteiger partial charge in [0.05, 0.1) is 16.0 Å². The number of H-pyrrole nitrogens is 1. The van der Waals surface area contributed by atoms with E-state index in [1.807, 2.05) is 31.2 Å². The summed E-state index contributed by atoms with van der Waals surface area (Å²) in [5.74, 6) is 1.50. The average molecular weight is 538 g/mol. The summed E-state index contributed by atoms with van der Waals surface area (Å²) in [6.07, 6.45) is -3.34. The number of aromatic amines is 1. The second kappa shape index (κ2) is 10.8. The van der Waals surface area contributed by atoms with Gasteiger partial charge in [0.15, 0.2) is 11.7 Å². The topological polar surface area (TPSA) is 78.0 Å². The zero-order valence-corrected chi connectivity index (χ0v) is 18.9. The number of imidazole rings is 1. The molecule has 0 radical (unpaired) electrons. The van der Waals surface area contributed by atoms with Crippen LogP contribution in [0, 0.1) is 0 Å². The van der Waals surface area contributed by atoms with E-state index in [-0.39, 0.29) is 24.0 Å². The Kier molecular flexibility index (Phi) is 8.68. The van der Waals surface area contributed by atoms with Crippen molar-refractivity contribution < 1.29 is 13.2 Å². The lowest BCUT2D eigenvalue weighted by molar-refractivity contribution is -0.140. The number of thiazole rings is 1. The molecule has 0 amide bonds. The van der Waals surface area contributed by atoms with Crippen molar-refractivity contribution in [2.24, 2.45) is 4.99 Å². The minimum atomic E-state index is -4.40. The molecule has 1 aromatic carbocycles. The van der Waals surface area contributed by atoms with Crippen molar-refractivity contribution in [2.45, 2.75) is 25.9 Å². The van der Waals surface area contributed by atoms with Gasteiger partial charge < -0.3 is 15.6 Å². The fourth-order valence-corrected chi connectivity index (χ4v) is 3.38. The monoisotopic (exact) mass is 538 g/mol. The molecule has 3 rings (SSSR count). The van der Waals surface area contributed by atoms with E-state index in [9.17, 15) is 13.2 Å². The number of nitrogens with one attached hydrogen (secondary N) is 3. The summed E-state index contributed by atoms with van der Waals surface area (Å²) in [7, 11) is 0. The Bertz CT molecular complexity index is 904. The smallest absolute Gasteiger partial charge is 0.357 e. The number of benzene rings is 1. The van der Waals surface area contributed by atoms with Gasteiger partial charge in [-0.05, 0) is 19.1 Å². The van der Waals surface area contributed by atoms with Crippen molar-refractivity contribution in [3.63, 3.8) is 0 Å². The van der Waals surface area contributed by atoms with Crippen LogP contribution >= 0.6 is 35.3 Å². The number of nitrogens with zero attached hydrogens (tertiary/aromatic N) is 3. The molecule has 0 unspecified atom stereocenters. The molecular weight excluding hydrogens is 516 g/mol. The molecule has 0 spiro atoms. The van der Waals surface area contributed by atoms with Crippen molar-refractivity contribution in [3.05, 3.63) is 46.2 Å². The normalized spacial score (nSPS) is 12.1. The fourth-order valence-electron chi connectivity index (χ4n) is 2.58. The van der Waals surface area contributed by atoms with Gasteiger partial charge in [0, 0.05) is 37.9 Å². The first kappa shape index (κ1) is 23.4. The molecule has 0 bridgehead atoms. The number of alkyl halides is 3. The molecule has 0 saturated carbocycles. The minimum Gasteiger partial charge on any atom is -0.357 e. The largest absolute Gasteiger partial charge is 0.434 e. The highest BCUT2D eigenvalue weighted by Crippen LogP contribution is 2.30. The second-order valence-corrected chi connectivity index (χ2v) is 6.95. The van der Waals surface area contributed by atoms with Gasteiger partial charge in [-0.15, -0.1) is 35.3 Å². The summed E-state index contributed by atoms with van der Waals surface area (Å²) in [5.41, 5.74) is 1.09. The number of fused-ring (bicyclic) bond motifs is 1. The van der Waals surface area contributed by atoms with Crippen LogP contribution in [0.5, 0.6) is 0 Å². The number of rotatable bonds is 7. The van der Waals surface area contributed by atoms with E-state index in [0.29, 0.717) is 43.4 Å². The maximum atomic E-state index is 12.6. The predicted octanol–water partition coefficient (Wildman–Crippen LogP) is 4.00. The number of halogens is 4. The Labute approximate surface area is 187 Å². The summed E-state index contributed by atoms with van der Waals surface area (Å²) in [6.45, 7) is 3.62. The highest BCUT2D eigenvalue weighted by molar-refractivity contribution is 14.0. The molecular formula is C18H22F3IN6S. The third kappa shape index (κ3) is 6.84. The van der Waals surface area contributed by atoms with Gasteiger partial charge in [-0.1, -0.05) is 12.1 Å².